The third-order valence-electron chi connectivity index (χ3n) is 3.75. The van der Waals surface area contributed by atoms with Gasteiger partial charge in [0.15, 0.2) is 0 Å². The van der Waals surface area contributed by atoms with Gasteiger partial charge in [-0.25, -0.2) is 4.79 Å². The molecule has 1 aromatic rings. The third kappa shape index (κ3) is 2.10. The normalized spacial score (nSPS) is 17.9. The van der Waals surface area contributed by atoms with Crippen LogP contribution in [-0.2, 0) is 22.4 Å². The van der Waals surface area contributed by atoms with E-state index < -0.39 is 11.5 Å². The van der Waals surface area contributed by atoms with Crippen LogP contribution in [0, 0.1) is 5.92 Å². The minimum atomic E-state index is -1.20. The maximum Gasteiger partial charge on any atom is 0.329 e. The summed E-state index contributed by atoms with van der Waals surface area (Å²) in [6, 6.07) is 7.95. The van der Waals surface area contributed by atoms with E-state index in [2.05, 4.69) is 5.32 Å². The minimum absolute atomic E-state index is 0.101. The number of carbonyl (C=O) groups is 2. The zero-order valence-corrected chi connectivity index (χ0v) is 10.6. The number of benzene rings is 1. The Morgan fingerprint density at radius 1 is 1.28 bits per heavy atom. The summed E-state index contributed by atoms with van der Waals surface area (Å²) in [4.78, 5) is 22.7. The summed E-state index contributed by atoms with van der Waals surface area (Å²) >= 11 is 0. The Bertz CT molecular complexity index is 473. The Morgan fingerprint density at radius 3 is 2.17 bits per heavy atom. The summed E-state index contributed by atoms with van der Waals surface area (Å²) in [6.07, 6.45) is 1.39. The molecule has 96 valence electrons. The monoisotopic (exact) mass is 247 g/mol. The molecule has 1 atom stereocenters. The van der Waals surface area contributed by atoms with E-state index in [1.165, 1.54) is 18.1 Å². The van der Waals surface area contributed by atoms with Crippen molar-refractivity contribution >= 4 is 11.9 Å². The van der Waals surface area contributed by atoms with Crippen molar-refractivity contribution in [2.45, 2.75) is 32.2 Å². The molecule has 1 aromatic carbocycles. The maximum absolute atomic E-state index is 11.5. The molecule has 0 spiro atoms. The molecule has 0 bridgehead atoms. The number of rotatable bonds is 3. The number of hydrogen-bond donors (Lipinski definition) is 2. The van der Waals surface area contributed by atoms with Crippen molar-refractivity contribution in [2.24, 2.45) is 5.92 Å². The van der Waals surface area contributed by atoms with E-state index >= 15 is 0 Å². The fraction of sp³-hybridized carbons (Fsp3) is 0.429. The van der Waals surface area contributed by atoms with Gasteiger partial charge in [-0.2, -0.15) is 0 Å². The molecule has 1 aliphatic rings. The van der Waals surface area contributed by atoms with Gasteiger partial charge in [0.1, 0.15) is 5.54 Å². The molecule has 0 saturated carbocycles. The molecule has 0 radical (unpaired) electrons. The van der Waals surface area contributed by atoms with Crippen LogP contribution in [0.15, 0.2) is 24.3 Å². The van der Waals surface area contributed by atoms with Gasteiger partial charge in [0.05, 0.1) is 0 Å². The standard InChI is InChI=1S/C14H17NO3/c1-9(16)15-14(2,13(17)18)12-7-10-5-3-4-6-11(10)8-12/h3-6,12H,7-8H2,1-2H3,(H,15,16)(H,17,18)/t14-/m0/s1. The van der Waals surface area contributed by atoms with Gasteiger partial charge in [-0.05, 0) is 30.9 Å². The molecule has 0 fully saturated rings. The lowest BCUT2D eigenvalue weighted by molar-refractivity contribution is -0.149. The largest absolute Gasteiger partial charge is 0.480 e. The molecule has 0 saturated heterocycles. The van der Waals surface area contributed by atoms with E-state index in [1.807, 2.05) is 24.3 Å². The van der Waals surface area contributed by atoms with Crippen LogP contribution in [0.5, 0.6) is 0 Å². The van der Waals surface area contributed by atoms with Crippen LogP contribution in [0.4, 0.5) is 0 Å². The van der Waals surface area contributed by atoms with E-state index in [-0.39, 0.29) is 11.8 Å². The van der Waals surface area contributed by atoms with Gasteiger partial charge in [-0.3, -0.25) is 4.79 Å². The average molecular weight is 247 g/mol. The number of carbonyl (C=O) groups excluding carboxylic acids is 1. The molecule has 0 unspecified atom stereocenters. The van der Waals surface area contributed by atoms with Crippen LogP contribution < -0.4 is 5.32 Å². The number of aliphatic carboxylic acids is 1. The number of nitrogens with one attached hydrogen (secondary N) is 1. The highest BCUT2D eigenvalue weighted by Crippen LogP contribution is 2.33. The van der Waals surface area contributed by atoms with Gasteiger partial charge in [-0.15, -0.1) is 0 Å². The van der Waals surface area contributed by atoms with Crippen molar-refractivity contribution in [3.8, 4) is 0 Å². The van der Waals surface area contributed by atoms with Crippen molar-refractivity contribution in [3.63, 3.8) is 0 Å². The molecule has 18 heavy (non-hydrogen) atoms. The predicted octanol–water partition coefficient (Wildman–Crippen LogP) is 1.38. The number of carboxylic acid groups (broad SMARTS) is 1. The van der Waals surface area contributed by atoms with Crippen molar-refractivity contribution in [2.75, 3.05) is 0 Å². The molecule has 0 aliphatic heterocycles. The van der Waals surface area contributed by atoms with Gasteiger partial charge in [0.25, 0.3) is 0 Å². The molecule has 4 nitrogen and oxygen atoms in total. The smallest absolute Gasteiger partial charge is 0.329 e. The first-order valence-electron chi connectivity index (χ1n) is 6.02. The zero-order chi connectivity index (χ0) is 13.3. The van der Waals surface area contributed by atoms with E-state index in [0.29, 0.717) is 12.8 Å². The van der Waals surface area contributed by atoms with E-state index in [0.717, 1.165) is 0 Å². The number of amides is 1. The molecule has 4 heteroatoms. The number of carboxylic acids is 1. The van der Waals surface area contributed by atoms with Crippen LogP contribution in [0.25, 0.3) is 0 Å². The fourth-order valence-electron chi connectivity index (χ4n) is 2.66. The second-order valence-electron chi connectivity index (χ2n) is 5.06. The SMILES string of the molecule is CC(=O)N[C@](C)(C(=O)O)C1Cc2ccccc2C1. The topological polar surface area (TPSA) is 66.4 Å². The van der Waals surface area contributed by atoms with Crippen LogP contribution in [0.2, 0.25) is 0 Å². The highest BCUT2D eigenvalue weighted by atomic mass is 16.4. The van der Waals surface area contributed by atoms with E-state index in [4.69, 9.17) is 0 Å². The Labute approximate surface area is 106 Å². The Morgan fingerprint density at radius 2 is 1.78 bits per heavy atom. The number of fused-ring (bicyclic) bond motifs is 1. The van der Waals surface area contributed by atoms with Crippen LogP contribution in [0.3, 0.4) is 0 Å². The third-order valence-corrected chi connectivity index (χ3v) is 3.75. The quantitative estimate of drug-likeness (QED) is 0.848. The zero-order valence-electron chi connectivity index (χ0n) is 10.6. The van der Waals surface area contributed by atoms with Crippen LogP contribution in [0.1, 0.15) is 25.0 Å². The van der Waals surface area contributed by atoms with E-state index in [9.17, 15) is 14.7 Å². The van der Waals surface area contributed by atoms with Gasteiger partial charge in [0.2, 0.25) is 5.91 Å². The molecule has 1 aliphatic carbocycles. The second-order valence-corrected chi connectivity index (χ2v) is 5.06. The maximum atomic E-state index is 11.5. The van der Waals surface area contributed by atoms with Crippen molar-refractivity contribution in [3.05, 3.63) is 35.4 Å². The summed E-state index contributed by atoms with van der Waals surface area (Å²) in [5, 5.41) is 12.0. The lowest BCUT2D eigenvalue weighted by Gasteiger charge is -2.31. The fourth-order valence-corrected chi connectivity index (χ4v) is 2.66. The second kappa shape index (κ2) is 4.44. The molecular formula is C14H17NO3. The van der Waals surface area contributed by atoms with Gasteiger partial charge < -0.3 is 10.4 Å². The summed E-state index contributed by atoms with van der Waals surface area (Å²) in [7, 11) is 0. The number of hydrogen-bond acceptors (Lipinski definition) is 2. The van der Waals surface area contributed by atoms with Gasteiger partial charge in [0, 0.05) is 12.8 Å². The van der Waals surface area contributed by atoms with Crippen molar-refractivity contribution < 1.29 is 14.7 Å². The predicted molar refractivity (Wildman–Crippen MR) is 67.2 cm³/mol. The Balaban J connectivity index is 2.26. The highest BCUT2D eigenvalue weighted by molar-refractivity contribution is 5.86. The van der Waals surface area contributed by atoms with Crippen molar-refractivity contribution in [1.29, 1.82) is 0 Å². The summed E-state index contributed by atoms with van der Waals surface area (Å²) in [5.41, 5.74) is 1.16. The van der Waals surface area contributed by atoms with E-state index in [1.54, 1.807) is 6.92 Å². The summed E-state index contributed by atoms with van der Waals surface area (Å²) < 4.78 is 0. The summed E-state index contributed by atoms with van der Waals surface area (Å²) in [5.74, 6) is -1.39. The average Bonchev–Trinajstić information content (AvgIpc) is 2.71. The lowest BCUT2D eigenvalue weighted by atomic mass is 9.83. The molecule has 0 aromatic heterocycles. The molecule has 2 N–H and O–H groups in total. The molecular weight excluding hydrogens is 230 g/mol. The van der Waals surface area contributed by atoms with Gasteiger partial charge in [-0.1, -0.05) is 24.3 Å². The van der Waals surface area contributed by atoms with Gasteiger partial charge >= 0.3 is 5.97 Å². The Hall–Kier alpha value is -1.84. The molecule has 1 amide bonds. The Kier molecular flexibility index (Phi) is 3.11. The molecule has 0 heterocycles. The highest BCUT2D eigenvalue weighted by Gasteiger charge is 2.44. The lowest BCUT2D eigenvalue weighted by Crippen LogP contribution is -2.57. The minimum Gasteiger partial charge on any atom is -0.480 e. The first-order valence-corrected chi connectivity index (χ1v) is 6.02. The summed E-state index contributed by atoms with van der Waals surface area (Å²) in [6.45, 7) is 2.94. The first-order chi connectivity index (χ1) is 8.43. The van der Waals surface area contributed by atoms with Crippen molar-refractivity contribution in [1.82, 2.24) is 5.32 Å². The van der Waals surface area contributed by atoms with Crippen LogP contribution in [-0.4, -0.2) is 22.5 Å². The first kappa shape index (κ1) is 12.6. The van der Waals surface area contributed by atoms with Crippen LogP contribution >= 0.6 is 0 Å². The molecule has 2 rings (SSSR count).